The summed E-state index contributed by atoms with van der Waals surface area (Å²) in [7, 11) is 0. The van der Waals surface area contributed by atoms with Gasteiger partial charge in [-0.3, -0.25) is 0 Å². The highest BCUT2D eigenvalue weighted by atomic mass is 79.9. The number of rotatable bonds is 5. The molecule has 43 heavy (non-hydrogen) atoms. The summed E-state index contributed by atoms with van der Waals surface area (Å²) >= 11 is 7.39. The first-order chi connectivity index (χ1) is 21.0. The van der Waals surface area contributed by atoms with E-state index in [-0.39, 0.29) is 5.75 Å². The molecule has 2 aliphatic carbocycles. The van der Waals surface area contributed by atoms with Crippen LogP contribution in [0.5, 0.6) is 17.2 Å². The van der Waals surface area contributed by atoms with E-state index in [0.29, 0.717) is 5.92 Å². The van der Waals surface area contributed by atoms with Gasteiger partial charge in [0, 0.05) is 20.4 Å². The lowest BCUT2D eigenvalue weighted by Gasteiger charge is -2.34. The quantitative estimate of drug-likeness (QED) is 0.195. The molecule has 8 rings (SSSR count). The van der Waals surface area contributed by atoms with Crippen molar-refractivity contribution in [1.29, 1.82) is 0 Å². The minimum Gasteiger partial charge on any atom is -0.508 e. The molecule has 0 fully saturated rings. The highest BCUT2D eigenvalue weighted by Crippen LogP contribution is 2.57. The average molecular weight is 686 g/mol. The molecule has 0 radical (unpaired) electrons. The SMILES string of the molecule is Oc1ccc(C2(c3ccc(Oc4ccccc4C4Cc5ccc(Br)cc54)cc3)c3ccccc3-c3ccc(Br)cc32)cc1. The zero-order valence-electron chi connectivity index (χ0n) is 23.1. The number of hydrogen-bond acceptors (Lipinski definition) is 2. The van der Waals surface area contributed by atoms with E-state index < -0.39 is 5.41 Å². The Balaban J connectivity index is 1.22. The molecule has 2 nitrogen and oxygen atoms in total. The van der Waals surface area contributed by atoms with Crippen molar-refractivity contribution in [1.82, 2.24) is 0 Å². The van der Waals surface area contributed by atoms with Crippen molar-refractivity contribution < 1.29 is 9.84 Å². The molecule has 4 heteroatoms. The van der Waals surface area contributed by atoms with Gasteiger partial charge >= 0.3 is 0 Å². The Bertz CT molecular complexity index is 2010. The van der Waals surface area contributed by atoms with Crippen molar-refractivity contribution in [3.63, 3.8) is 0 Å². The minimum absolute atomic E-state index is 0.253. The Morgan fingerprint density at radius 3 is 2.07 bits per heavy atom. The Kier molecular flexibility index (Phi) is 6.32. The van der Waals surface area contributed by atoms with Crippen molar-refractivity contribution in [2.45, 2.75) is 17.8 Å². The molecule has 2 aliphatic rings. The van der Waals surface area contributed by atoms with E-state index in [4.69, 9.17) is 4.74 Å². The lowest BCUT2D eigenvalue weighted by Crippen LogP contribution is -2.28. The van der Waals surface area contributed by atoms with Crippen LogP contribution in [-0.4, -0.2) is 5.11 Å². The predicted octanol–water partition coefficient (Wildman–Crippen LogP) is 10.8. The van der Waals surface area contributed by atoms with E-state index in [1.165, 1.54) is 38.9 Å². The average Bonchev–Trinajstić information content (AvgIpc) is 3.30. The van der Waals surface area contributed by atoms with Crippen LogP contribution in [0.2, 0.25) is 0 Å². The number of hydrogen-bond donors (Lipinski definition) is 1. The standard InChI is InChI=1S/C39H26Br2O2/c40-27-14-9-24-21-35(34(24)22-27)33-6-2-4-8-38(33)43-30-18-12-26(13-19-30)39(25-10-16-29(42)17-11-25)36-7-3-1-5-31(36)32-20-15-28(41)23-37(32)39/h1-20,22-23,35,42H,21H2. The van der Waals surface area contributed by atoms with Crippen molar-refractivity contribution in [3.05, 3.63) is 181 Å². The number of para-hydroxylation sites is 1. The molecule has 0 aromatic heterocycles. The third-order valence-corrected chi connectivity index (χ3v) is 10.0. The highest BCUT2D eigenvalue weighted by Gasteiger charge is 2.46. The van der Waals surface area contributed by atoms with Crippen LogP contribution in [0.25, 0.3) is 11.1 Å². The molecule has 0 bridgehead atoms. The van der Waals surface area contributed by atoms with Crippen molar-refractivity contribution in [2.75, 3.05) is 0 Å². The Morgan fingerprint density at radius 2 is 1.26 bits per heavy atom. The normalized spacial score (nSPS) is 17.9. The van der Waals surface area contributed by atoms with Crippen LogP contribution >= 0.6 is 31.9 Å². The lowest BCUT2D eigenvalue weighted by molar-refractivity contribution is 0.469. The van der Waals surface area contributed by atoms with E-state index in [1.54, 1.807) is 12.1 Å². The maximum atomic E-state index is 10.2. The largest absolute Gasteiger partial charge is 0.508 e. The van der Waals surface area contributed by atoms with Crippen LogP contribution in [0.15, 0.2) is 142 Å². The van der Waals surface area contributed by atoms with Gasteiger partial charge in [-0.05, 0) is 106 Å². The number of phenols is 1. The van der Waals surface area contributed by atoms with E-state index in [2.05, 4.69) is 135 Å². The van der Waals surface area contributed by atoms with Crippen LogP contribution in [-0.2, 0) is 11.8 Å². The molecule has 0 saturated heterocycles. The molecule has 2 unspecified atom stereocenters. The van der Waals surface area contributed by atoms with Gasteiger partial charge in [-0.2, -0.15) is 0 Å². The number of aromatic hydroxyl groups is 1. The van der Waals surface area contributed by atoms with Gasteiger partial charge in [0.1, 0.15) is 17.2 Å². The summed E-state index contributed by atoms with van der Waals surface area (Å²) in [6.07, 6.45) is 1.02. The maximum Gasteiger partial charge on any atom is 0.131 e. The van der Waals surface area contributed by atoms with E-state index >= 15 is 0 Å². The molecule has 2 atom stereocenters. The fraction of sp³-hybridized carbons (Fsp3) is 0.0769. The van der Waals surface area contributed by atoms with Gasteiger partial charge in [0.25, 0.3) is 0 Å². The highest BCUT2D eigenvalue weighted by molar-refractivity contribution is 9.10. The summed E-state index contributed by atoms with van der Waals surface area (Å²) in [5.74, 6) is 2.26. The van der Waals surface area contributed by atoms with E-state index in [1.807, 2.05) is 18.2 Å². The molecule has 6 aromatic carbocycles. The monoisotopic (exact) mass is 684 g/mol. The van der Waals surface area contributed by atoms with E-state index in [0.717, 1.165) is 38.0 Å². The Hall–Kier alpha value is -4.12. The van der Waals surface area contributed by atoms with Crippen LogP contribution in [0.1, 0.15) is 44.9 Å². The molecule has 6 aromatic rings. The van der Waals surface area contributed by atoms with Crippen LogP contribution < -0.4 is 4.74 Å². The number of fused-ring (bicyclic) bond motifs is 4. The van der Waals surface area contributed by atoms with Crippen molar-refractivity contribution in [2.24, 2.45) is 0 Å². The third-order valence-electron chi connectivity index (χ3n) is 9.02. The molecule has 208 valence electrons. The topological polar surface area (TPSA) is 29.5 Å². The smallest absolute Gasteiger partial charge is 0.131 e. The number of halogens is 2. The summed E-state index contributed by atoms with van der Waals surface area (Å²) in [5, 5.41) is 10.2. The molecule has 0 aliphatic heterocycles. The number of ether oxygens (including phenoxy) is 1. The maximum absolute atomic E-state index is 10.2. The Labute approximate surface area is 267 Å². The second-order valence-corrected chi connectivity index (χ2v) is 13.1. The van der Waals surface area contributed by atoms with Crippen molar-refractivity contribution >= 4 is 31.9 Å². The van der Waals surface area contributed by atoms with E-state index in [9.17, 15) is 5.11 Å². The number of benzene rings is 6. The van der Waals surface area contributed by atoms with Gasteiger partial charge in [0.05, 0.1) is 5.41 Å². The summed E-state index contributed by atoms with van der Waals surface area (Å²) in [6, 6.07) is 46.3. The van der Waals surface area contributed by atoms with Crippen LogP contribution in [0.3, 0.4) is 0 Å². The summed E-state index contributed by atoms with van der Waals surface area (Å²) in [4.78, 5) is 0. The van der Waals surface area contributed by atoms with Crippen LogP contribution in [0, 0.1) is 0 Å². The zero-order chi connectivity index (χ0) is 29.1. The fourth-order valence-corrected chi connectivity index (χ4v) is 7.81. The molecule has 0 saturated carbocycles. The first-order valence-electron chi connectivity index (χ1n) is 14.4. The third kappa shape index (κ3) is 4.19. The summed E-state index contributed by atoms with van der Waals surface area (Å²) in [5.41, 5.74) is 10.5. The first kappa shape index (κ1) is 26.5. The second kappa shape index (κ2) is 10.3. The molecule has 1 N–H and O–H groups in total. The number of phenolic OH excluding ortho intramolecular Hbond substituents is 1. The summed E-state index contributed by atoms with van der Waals surface area (Å²) < 4.78 is 8.73. The zero-order valence-corrected chi connectivity index (χ0v) is 26.3. The minimum atomic E-state index is -0.553. The van der Waals surface area contributed by atoms with Gasteiger partial charge in [-0.25, -0.2) is 0 Å². The Morgan fingerprint density at radius 1 is 0.605 bits per heavy atom. The first-order valence-corrected chi connectivity index (χ1v) is 16.0. The molecule has 0 spiro atoms. The van der Waals surface area contributed by atoms with Gasteiger partial charge in [-0.1, -0.05) is 111 Å². The predicted molar refractivity (Wildman–Crippen MR) is 179 cm³/mol. The van der Waals surface area contributed by atoms with Crippen molar-refractivity contribution in [3.8, 4) is 28.4 Å². The van der Waals surface area contributed by atoms with Gasteiger partial charge in [-0.15, -0.1) is 0 Å². The van der Waals surface area contributed by atoms with Gasteiger partial charge in [0.2, 0.25) is 0 Å². The van der Waals surface area contributed by atoms with Crippen LogP contribution in [0.4, 0.5) is 0 Å². The fourth-order valence-electron chi connectivity index (χ4n) is 7.07. The molecule has 0 heterocycles. The van der Waals surface area contributed by atoms with Gasteiger partial charge in [0.15, 0.2) is 0 Å². The summed E-state index contributed by atoms with van der Waals surface area (Å²) in [6.45, 7) is 0. The van der Waals surface area contributed by atoms with Gasteiger partial charge < -0.3 is 9.84 Å². The molecular formula is C39H26Br2O2. The lowest BCUT2D eigenvalue weighted by atomic mass is 9.68. The molecule has 0 amide bonds. The second-order valence-electron chi connectivity index (χ2n) is 11.3. The molecular weight excluding hydrogens is 660 g/mol.